The molecule has 1 aliphatic heterocycles. The third-order valence-electron chi connectivity index (χ3n) is 4.62. The smallest absolute Gasteiger partial charge is 0.304 e. The molecule has 0 aromatic rings. The quantitative estimate of drug-likeness (QED) is 0.775. The lowest BCUT2D eigenvalue weighted by Crippen LogP contribution is -2.24. The Morgan fingerprint density at radius 2 is 2.00 bits per heavy atom. The van der Waals surface area contributed by atoms with Gasteiger partial charge in [0.2, 0.25) is 0 Å². The third kappa shape index (κ3) is 4.19. The van der Waals surface area contributed by atoms with Crippen LogP contribution in [0.15, 0.2) is 12.3 Å². The largest absolute Gasteiger partial charge is 0.481 e. The van der Waals surface area contributed by atoms with E-state index in [0.29, 0.717) is 0 Å². The average molecular weight is 264 g/mol. The van der Waals surface area contributed by atoms with Gasteiger partial charge in [0, 0.05) is 5.92 Å². The van der Waals surface area contributed by atoms with Crippen LogP contribution in [0.3, 0.4) is 0 Å². The molecule has 1 unspecified atom stereocenters. The lowest BCUT2D eigenvalue weighted by molar-refractivity contribution is -0.459. The Bertz CT molecular complexity index is 376. The monoisotopic (exact) mass is 264 g/mol. The van der Waals surface area contributed by atoms with Gasteiger partial charge in [0.15, 0.2) is 19.0 Å². The van der Waals surface area contributed by atoms with Crippen LogP contribution in [-0.2, 0) is 4.79 Å². The van der Waals surface area contributed by atoms with Gasteiger partial charge in [-0.05, 0) is 43.6 Å². The van der Waals surface area contributed by atoms with E-state index in [1.165, 1.54) is 25.7 Å². The Morgan fingerprint density at radius 1 is 1.32 bits per heavy atom. The van der Waals surface area contributed by atoms with E-state index < -0.39 is 5.97 Å². The molecule has 0 bridgehead atoms. The van der Waals surface area contributed by atoms with E-state index in [0.717, 1.165) is 24.3 Å². The zero-order chi connectivity index (χ0) is 13.8. The average Bonchev–Trinajstić information content (AvgIpc) is 2.76. The van der Waals surface area contributed by atoms with Crippen LogP contribution in [0, 0.1) is 23.7 Å². The molecule has 1 aliphatic carbocycles. The van der Waals surface area contributed by atoms with Gasteiger partial charge < -0.3 is 5.11 Å². The highest BCUT2D eigenvalue weighted by molar-refractivity contribution is 5.73. The fourth-order valence-electron chi connectivity index (χ4n) is 3.35. The first-order valence-electron chi connectivity index (χ1n) is 7.55. The van der Waals surface area contributed by atoms with Crippen LogP contribution in [0.5, 0.6) is 0 Å². The number of carboxylic acids is 1. The summed E-state index contributed by atoms with van der Waals surface area (Å²) in [5.41, 5.74) is 0. The summed E-state index contributed by atoms with van der Waals surface area (Å²) in [6, 6.07) is 0. The van der Waals surface area contributed by atoms with Gasteiger partial charge in [0.25, 0.3) is 0 Å². The second-order valence-electron chi connectivity index (χ2n) is 6.47. The standard InChI is InChI=1S/C16H25NO2/c1-12(2)15-5-3-13(4-6-15)10-17-8-7-14(11-17)9-16(18)19/h7-8,11-15H,3-6,9-10H2,1-2H3/p+1. The number of rotatable bonds is 5. The van der Waals surface area contributed by atoms with Gasteiger partial charge in [-0.3, -0.25) is 4.79 Å². The van der Waals surface area contributed by atoms with Crippen molar-refractivity contribution in [2.24, 2.45) is 23.7 Å². The molecular weight excluding hydrogens is 238 g/mol. The Balaban J connectivity index is 1.78. The normalized spacial score (nSPS) is 30.7. The molecule has 1 heterocycles. The maximum Gasteiger partial charge on any atom is 0.304 e. The molecular formula is C16H26NO2+. The van der Waals surface area contributed by atoms with Crippen molar-refractivity contribution in [2.75, 3.05) is 6.54 Å². The summed E-state index contributed by atoms with van der Waals surface area (Å²) in [5, 5.41) is 8.79. The Hall–Kier alpha value is -1.12. The van der Waals surface area contributed by atoms with E-state index in [1.54, 1.807) is 0 Å². The molecule has 0 aromatic carbocycles. The molecule has 0 saturated heterocycles. The SMILES string of the molecule is CC(C)C1CCC(C[N+]2=CC(CC(=O)O)C=C2)CC1. The second kappa shape index (κ2) is 6.36. The van der Waals surface area contributed by atoms with Crippen LogP contribution in [-0.4, -0.2) is 28.4 Å². The van der Waals surface area contributed by atoms with Crippen molar-refractivity contribution in [1.82, 2.24) is 0 Å². The van der Waals surface area contributed by atoms with E-state index in [9.17, 15) is 4.79 Å². The number of carbonyl (C=O) groups is 1. The molecule has 1 saturated carbocycles. The highest BCUT2D eigenvalue weighted by atomic mass is 16.4. The first kappa shape index (κ1) is 14.3. The van der Waals surface area contributed by atoms with Crippen molar-refractivity contribution in [3.05, 3.63) is 12.3 Å². The van der Waals surface area contributed by atoms with Crippen LogP contribution >= 0.6 is 0 Å². The summed E-state index contributed by atoms with van der Waals surface area (Å²) in [7, 11) is 0. The van der Waals surface area contributed by atoms with E-state index in [2.05, 4.69) is 30.8 Å². The van der Waals surface area contributed by atoms with Crippen molar-refractivity contribution >= 4 is 12.2 Å². The fraction of sp³-hybridized carbons (Fsp3) is 0.750. The molecule has 2 rings (SSSR count). The van der Waals surface area contributed by atoms with E-state index >= 15 is 0 Å². The summed E-state index contributed by atoms with van der Waals surface area (Å²) in [5.74, 6) is 1.88. The summed E-state index contributed by atoms with van der Waals surface area (Å²) in [6.45, 7) is 5.73. The summed E-state index contributed by atoms with van der Waals surface area (Å²) in [4.78, 5) is 10.7. The highest BCUT2D eigenvalue weighted by Gasteiger charge is 2.27. The minimum atomic E-state index is -0.717. The lowest BCUT2D eigenvalue weighted by atomic mass is 9.77. The number of allylic oxidation sites excluding steroid dienone is 1. The van der Waals surface area contributed by atoms with Crippen LogP contribution in [0.25, 0.3) is 0 Å². The molecule has 106 valence electrons. The van der Waals surface area contributed by atoms with Gasteiger partial charge in [0.05, 0.1) is 12.3 Å². The molecule has 0 radical (unpaired) electrons. The molecule has 0 amide bonds. The number of carboxylic acid groups (broad SMARTS) is 1. The predicted molar refractivity (Wildman–Crippen MR) is 76.4 cm³/mol. The van der Waals surface area contributed by atoms with E-state index in [-0.39, 0.29) is 12.3 Å². The van der Waals surface area contributed by atoms with Crippen LogP contribution in [0.1, 0.15) is 46.0 Å². The van der Waals surface area contributed by atoms with Crippen molar-refractivity contribution in [2.45, 2.75) is 46.0 Å². The second-order valence-corrected chi connectivity index (χ2v) is 6.47. The van der Waals surface area contributed by atoms with Crippen LogP contribution in [0.4, 0.5) is 0 Å². The Morgan fingerprint density at radius 3 is 2.58 bits per heavy atom. The van der Waals surface area contributed by atoms with E-state index in [4.69, 9.17) is 5.11 Å². The predicted octanol–water partition coefficient (Wildman–Crippen LogP) is 3.15. The third-order valence-corrected chi connectivity index (χ3v) is 4.62. The lowest BCUT2D eigenvalue weighted by Gasteiger charge is -2.29. The summed E-state index contributed by atoms with van der Waals surface area (Å²) >= 11 is 0. The first-order chi connectivity index (χ1) is 9.04. The van der Waals surface area contributed by atoms with Gasteiger partial charge in [-0.2, -0.15) is 0 Å². The molecule has 19 heavy (non-hydrogen) atoms. The zero-order valence-electron chi connectivity index (χ0n) is 12.1. The minimum absolute atomic E-state index is 0.0875. The van der Waals surface area contributed by atoms with Gasteiger partial charge in [-0.1, -0.05) is 13.8 Å². The van der Waals surface area contributed by atoms with Gasteiger partial charge in [-0.25, -0.2) is 4.58 Å². The van der Waals surface area contributed by atoms with Crippen molar-refractivity contribution < 1.29 is 14.5 Å². The fourth-order valence-corrected chi connectivity index (χ4v) is 3.35. The maximum absolute atomic E-state index is 10.7. The summed E-state index contributed by atoms with van der Waals surface area (Å²) in [6.07, 6.45) is 11.7. The van der Waals surface area contributed by atoms with Gasteiger partial charge in [-0.15, -0.1) is 0 Å². The number of aliphatic carboxylic acids is 1. The molecule has 1 fully saturated rings. The molecule has 2 aliphatic rings. The number of hydrogen-bond donors (Lipinski definition) is 1. The van der Waals surface area contributed by atoms with Crippen LogP contribution in [0.2, 0.25) is 0 Å². The maximum atomic E-state index is 10.7. The molecule has 3 heteroatoms. The van der Waals surface area contributed by atoms with Crippen molar-refractivity contribution in [3.63, 3.8) is 0 Å². The summed E-state index contributed by atoms with van der Waals surface area (Å²) < 4.78 is 2.20. The zero-order valence-corrected chi connectivity index (χ0v) is 12.1. The topological polar surface area (TPSA) is 40.3 Å². The van der Waals surface area contributed by atoms with Crippen molar-refractivity contribution in [3.8, 4) is 0 Å². The first-order valence-corrected chi connectivity index (χ1v) is 7.55. The molecule has 3 nitrogen and oxygen atoms in total. The molecule has 0 spiro atoms. The highest BCUT2D eigenvalue weighted by Crippen LogP contribution is 2.33. The Kier molecular flexibility index (Phi) is 4.78. The number of nitrogens with zero attached hydrogens (tertiary/aromatic N) is 1. The minimum Gasteiger partial charge on any atom is -0.481 e. The Labute approximate surface area is 116 Å². The molecule has 1 atom stereocenters. The van der Waals surface area contributed by atoms with Gasteiger partial charge >= 0.3 is 5.97 Å². The molecule has 0 aromatic heterocycles. The van der Waals surface area contributed by atoms with E-state index in [1.807, 2.05) is 6.08 Å². The number of hydrogen-bond acceptors (Lipinski definition) is 1. The van der Waals surface area contributed by atoms with Gasteiger partial charge in [0.1, 0.15) is 0 Å². The molecule has 1 N–H and O–H groups in total. The van der Waals surface area contributed by atoms with Crippen molar-refractivity contribution in [1.29, 1.82) is 0 Å². The van der Waals surface area contributed by atoms with Crippen LogP contribution < -0.4 is 0 Å².